The zero-order valence-corrected chi connectivity index (χ0v) is 5.34. The van der Waals surface area contributed by atoms with Gasteiger partial charge in [-0.3, -0.25) is 0 Å². The minimum Gasteiger partial charge on any atom is -0.375 e. The molecule has 0 aliphatic carbocycles. The SMILES string of the molecule is C=CCOCCOC[O]. The molecule has 0 saturated carbocycles. The van der Waals surface area contributed by atoms with E-state index in [0.717, 1.165) is 0 Å². The van der Waals surface area contributed by atoms with E-state index in [-0.39, 0.29) is 0 Å². The highest BCUT2D eigenvalue weighted by Crippen LogP contribution is 1.76. The number of hydrogen-bond acceptors (Lipinski definition) is 2. The lowest BCUT2D eigenvalue weighted by Crippen LogP contribution is -2.03. The molecule has 0 unspecified atom stereocenters. The van der Waals surface area contributed by atoms with E-state index >= 15 is 0 Å². The molecule has 0 aromatic heterocycles. The van der Waals surface area contributed by atoms with Crippen LogP contribution in [0.1, 0.15) is 0 Å². The van der Waals surface area contributed by atoms with Crippen LogP contribution in [0.4, 0.5) is 0 Å². The van der Waals surface area contributed by atoms with Gasteiger partial charge >= 0.3 is 0 Å². The van der Waals surface area contributed by atoms with Gasteiger partial charge in [0.2, 0.25) is 0 Å². The van der Waals surface area contributed by atoms with E-state index in [1.54, 1.807) is 6.08 Å². The summed E-state index contributed by atoms with van der Waals surface area (Å²) in [5, 5.41) is 9.66. The molecule has 0 aromatic carbocycles. The van der Waals surface area contributed by atoms with Crippen molar-refractivity contribution < 1.29 is 14.6 Å². The summed E-state index contributed by atoms with van der Waals surface area (Å²) in [5.74, 6) is 0. The van der Waals surface area contributed by atoms with E-state index in [0.29, 0.717) is 19.8 Å². The van der Waals surface area contributed by atoms with Crippen LogP contribution in [0.3, 0.4) is 0 Å². The molecule has 1 radical (unpaired) electrons. The molecule has 0 heterocycles. The van der Waals surface area contributed by atoms with E-state index in [4.69, 9.17) is 4.74 Å². The van der Waals surface area contributed by atoms with Crippen LogP contribution in [0.5, 0.6) is 0 Å². The van der Waals surface area contributed by atoms with E-state index in [2.05, 4.69) is 11.3 Å². The highest BCUT2D eigenvalue weighted by molar-refractivity contribution is 4.63. The van der Waals surface area contributed by atoms with Crippen molar-refractivity contribution in [1.29, 1.82) is 0 Å². The first kappa shape index (κ1) is 8.62. The zero-order valence-electron chi connectivity index (χ0n) is 5.34. The van der Waals surface area contributed by atoms with Crippen LogP contribution in [0.2, 0.25) is 0 Å². The van der Waals surface area contributed by atoms with Crippen LogP contribution in [0, 0.1) is 0 Å². The molecule has 0 saturated heterocycles. The molecule has 0 aliphatic rings. The van der Waals surface area contributed by atoms with Gasteiger partial charge in [-0.05, 0) is 0 Å². The van der Waals surface area contributed by atoms with Gasteiger partial charge in [-0.1, -0.05) is 6.08 Å². The maximum atomic E-state index is 9.66. The molecule has 0 N–H and O–H groups in total. The topological polar surface area (TPSA) is 38.4 Å². The van der Waals surface area contributed by atoms with Gasteiger partial charge < -0.3 is 9.47 Å². The maximum Gasteiger partial charge on any atom is 0.180 e. The average Bonchev–Trinajstić information content (AvgIpc) is 1.89. The standard InChI is InChI=1S/C6H11O3/c1-2-3-8-4-5-9-6-7/h2H,1,3-6H2. The van der Waals surface area contributed by atoms with Gasteiger partial charge in [0.1, 0.15) is 0 Å². The number of rotatable bonds is 6. The largest absolute Gasteiger partial charge is 0.375 e. The Morgan fingerprint density at radius 3 is 2.56 bits per heavy atom. The Morgan fingerprint density at radius 2 is 2.00 bits per heavy atom. The van der Waals surface area contributed by atoms with Gasteiger partial charge in [0.25, 0.3) is 0 Å². The Kier molecular flexibility index (Phi) is 7.30. The maximum absolute atomic E-state index is 9.66. The summed E-state index contributed by atoms with van der Waals surface area (Å²) in [6.07, 6.45) is 1.65. The summed E-state index contributed by atoms with van der Waals surface area (Å²) >= 11 is 0. The van der Waals surface area contributed by atoms with Crippen LogP contribution in [-0.4, -0.2) is 26.6 Å². The number of ether oxygens (including phenoxy) is 2. The second-order valence-electron chi connectivity index (χ2n) is 1.39. The van der Waals surface area contributed by atoms with E-state index in [1.807, 2.05) is 0 Å². The van der Waals surface area contributed by atoms with Crippen LogP contribution in [0.15, 0.2) is 12.7 Å². The molecule has 53 valence electrons. The summed E-state index contributed by atoms with van der Waals surface area (Å²) < 4.78 is 9.37. The predicted octanol–water partition coefficient (Wildman–Crippen LogP) is 0.594. The van der Waals surface area contributed by atoms with Crippen LogP contribution < -0.4 is 0 Å². The van der Waals surface area contributed by atoms with Crippen LogP contribution >= 0.6 is 0 Å². The lowest BCUT2D eigenvalue weighted by molar-refractivity contribution is -0.0599. The Hall–Kier alpha value is -0.380. The van der Waals surface area contributed by atoms with Crippen LogP contribution in [0.25, 0.3) is 0 Å². The fourth-order valence-corrected chi connectivity index (χ4v) is 0.343. The molecule has 0 aliphatic heterocycles. The third kappa shape index (κ3) is 7.62. The molecule has 0 spiro atoms. The van der Waals surface area contributed by atoms with Gasteiger partial charge in [0.05, 0.1) is 19.8 Å². The average molecular weight is 131 g/mol. The van der Waals surface area contributed by atoms with Crippen molar-refractivity contribution in [2.24, 2.45) is 0 Å². The van der Waals surface area contributed by atoms with E-state index in [9.17, 15) is 5.11 Å². The second kappa shape index (κ2) is 7.62. The summed E-state index contributed by atoms with van der Waals surface area (Å²) in [5.41, 5.74) is 0. The first-order chi connectivity index (χ1) is 4.41. The quantitative estimate of drug-likeness (QED) is 0.300. The Balaban J connectivity index is 2.66. The van der Waals surface area contributed by atoms with E-state index < -0.39 is 6.79 Å². The summed E-state index contributed by atoms with van der Waals surface area (Å²) in [7, 11) is 0. The molecular formula is C6H11O3. The molecule has 0 rings (SSSR count). The molecule has 9 heavy (non-hydrogen) atoms. The van der Waals surface area contributed by atoms with Crippen molar-refractivity contribution in [1.82, 2.24) is 0 Å². The fraction of sp³-hybridized carbons (Fsp3) is 0.667. The van der Waals surface area contributed by atoms with Crippen molar-refractivity contribution in [3.05, 3.63) is 12.7 Å². The van der Waals surface area contributed by atoms with Gasteiger partial charge in [-0.2, -0.15) is 0 Å². The lowest BCUT2D eigenvalue weighted by Gasteiger charge is -1.98. The Bertz CT molecular complexity index is 63.3. The molecule has 0 amide bonds. The third-order valence-electron chi connectivity index (χ3n) is 0.691. The van der Waals surface area contributed by atoms with Gasteiger partial charge in [-0.25, -0.2) is 5.11 Å². The van der Waals surface area contributed by atoms with Gasteiger partial charge in [0.15, 0.2) is 6.79 Å². The fourth-order valence-electron chi connectivity index (χ4n) is 0.343. The molecule has 0 bridgehead atoms. The van der Waals surface area contributed by atoms with E-state index in [1.165, 1.54) is 0 Å². The van der Waals surface area contributed by atoms with Crippen molar-refractivity contribution in [3.63, 3.8) is 0 Å². The molecule has 3 nitrogen and oxygen atoms in total. The predicted molar refractivity (Wildman–Crippen MR) is 32.5 cm³/mol. The highest BCUT2D eigenvalue weighted by Gasteiger charge is 1.83. The van der Waals surface area contributed by atoms with Crippen molar-refractivity contribution in [2.75, 3.05) is 26.6 Å². The highest BCUT2D eigenvalue weighted by atomic mass is 16.6. The molecule has 0 atom stereocenters. The molecular weight excluding hydrogens is 120 g/mol. The summed E-state index contributed by atoms with van der Waals surface area (Å²) in [6, 6.07) is 0. The summed E-state index contributed by atoms with van der Waals surface area (Å²) in [4.78, 5) is 0. The van der Waals surface area contributed by atoms with Crippen molar-refractivity contribution in [2.45, 2.75) is 0 Å². The molecule has 3 heteroatoms. The monoisotopic (exact) mass is 131 g/mol. The van der Waals surface area contributed by atoms with Crippen molar-refractivity contribution in [3.8, 4) is 0 Å². The second-order valence-corrected chi connectivity index (χ2v) is 1.39. The molecule has 0 aromatic rings. The Morgan fingerprint density at radius 1 is 1.33 bits per heavy atom. The van der Waals surface area contributed by atoms with Crippen LogP contribution in [-0.2, 0) is 14.6 Å². The smallest absolute Gasteiger partial charge is 0.180 e. The minimum absolute atomic E-state index is 0.372. The van der Waals surface area contributed by atoms with Gasteiger partial charge in [0, 0.05) is 0 Å². The van der Waals surface area contributed by atoms with Gasteiger partial charge in [-0.15, -0.1) is 6.58 Å². The molecule has 0 fully saturated rings. The first-order valence-electron chi connectivity index (χ1n) is 2.76. The van der Waals surface area contributed by atoms with Crippen molar-refractivity contribution >= 4 is 0 Å². The normalized spacial score (nSPS) is 9.44. The zero-order chi connectivity index (χ0) is 6.95. The minimum atomic E-state index is -0.489. The Labute approximate surface area is 54.9 Å². The number of hydrogen-bond donors (Lipinski definition) is 0. The third-order valence-corrected chi connectivity index (χ3v) is 0.691. The lowest BCUT2D eigenvalue weighted by atomic mass is 10.7. The summed E-state index contributed by atoms with van der Waals surface area (Å²) in [6.45, 7) is 4.32. The first-order valence-corrected chi connectivity index (χ1v) is 2.76.